The van der Waals surface area contributed by atoms with Crippen molar-refractivity contribution < 1.29 is 14.7 Å². The van der Waals surface area contributed by atoms with Gasteiger partial charge in [0.15, 0.2) is 0 Å². The maximum atomic E-state index is 11.7. The first-order valence-corrected chi connectivity index (χ1v) is 6.11. The highest BCUT2D eigenvalue weighted by Gasteiger charge is 2.10. The molecule has 94 valence electrons. The monoisotopic (exact) mass is 256 g/mol. The van der Waals surface area contributed by atoms with Gasteiger partial charge in [0.2, 0.25) is 5.91 Å². The van der Waals surface area contributed by atoms with E-state index in [0.717, 1.165) is 0 Å². The second-order valence-electron chi connectivity index (χ2n) is 3.84. The number of carbonyl (C=O) groups excluding carboxylic acids is 2. The van der Waals surface area contributed by atoms with E-state index in [9.17, 15) is 9.59 Å². The van der Waals surface area contributed by atoms with Gasteiger partial charge < -0.3 is 15.7 Å². The van der Waals surface area contributed by atoms with Gasteiger partial charge in [0.25, 0.3) is 5.91 Å². The van der Waals surface area contributed by atoms with Crippen LogP contribution in [0.3, 0.4) is 0 Å². The SMILES string of the molecule is CC(=O)Nc1ccc(C(=O)NCC(C)CO)s1. The molecular weight excluding hydrogens is 240 g/mol. The zero-order valence-corrected chi connectivity index (χ0v) is 10.6. The van der Waals surface area contributed by atoms with Crippen molar-refractivity contribution in [1.29, 1.82) is 0 Å². The lowest BCUT2D eigenvalue weighted by Crippen LogP contribution is -2.28. The van der Waals surface area contributed by atoms with E-state index in [0.29, 0.717) is 16.4 Å². The van der Waals surface area contributed by atoms with Gasteiger partial charge in [-0.2, -0.15) is 0 Å². The molecule has 1 aromatic rings. The molecule has 0 aliphatic rings. The number of anilines is 1. The number of hydrogen-bond donors (Lipinski definition) is 3. The molecule has 1 aromatic heterocycles. The van der Waals surface area contributed by atoms with E-state index in [2.05, 4.69) is 10.6 Å². The van der Waals surface area contributed by atoms with E-state index in [1.54, 1.807) is 12.1 Å². The molecule has 5 nitrogen and oxygen atoms in total. The minimum absolute atomic E-state index is 0.0359. The summed E-state index contributed by atoms with van der Waals surface area (Å²) in [5.74, 6) is -0.312. The zero-order chi connectivity index (χ0) is 12.8. The van der Waals surface area contributed by atoms with Gasteiger partial charge in [-0.1, -0.05) is 6.92 Å². The molecule has 0 aromatic carbocycles. The normalized spacial score (nSPS) is 11.9. The van der Waals surface area contributed by atoms with Gasteiger partial charge in [-0.3, -0.25) is 9.59 Å². The van der Waals surface area contributed by atoms with Crippen LogP contribution in [0.15, 0.2) is 12.1 Å². The molecule has 3 N–H and O–H groups in total. The van der Waals surface area contributed by atoms with Crippen LogP contribution in [0.5, 0.6) is 0 Å². The summed E-state index contributed by atoms with van der Waals surface area (Å²) < 4.78 is 0. The number of rotatable bonds is 5. The second kappa shape index (κ2) is 6.36. The molecule has 0 aliphatic heterocycles. The summed E-state index contributed by atoms with van der Waals surface area (Å²) in [6.07, 6.45) is 0. The molecule has 6 heteroatoms. The zero-order valence-electron chi connectivity index (χ0n) is 9.82. The topological polar surface area (TPSA) is 78.4 Å². The van der Waals surface area contributed by atoms with Gasteiger partial charge in [-0.15, -0.1) is 11.3 Å². The Balaban J connectivity index is 2.52. The molecule has 0 spiro atoms. The van der Waals surface area contributed by atoms with E-state index < -0.39 is 0 Å². The molecule has 0 saturated carbocycles. The second-order valence-corrected chi connectivity index (χ2v) is 4.93. The summed E-state index contributed by atoms with van der Waals surface area (Å²) >= 11 is 1.22. The Morgan fingerprint density at radius 2 is 2.18 bits per heavy atom. The summed E-state index contributed by atoms with van der Waals surface area (Å²) in [5.41, 5.74) is 0. The molecule has 1 rings (SSSR count). The van der Waals surface area contributed by atoms with Crippen LogP contribution in [0.2, 0.25) is 0 Å². The van der Waals surface area contributed by atoms with Crippen LogP contribution in [-0.2, 0) is 4.79 Å². The van der Waals surface area contributed by atoms with Crippen LogP contribution < -0.4 is 10.6 Å². The van der Waals surface area contributed by atoms with Crippen molar-refractivity contribution in [3.05, 3.63) is 17.0 Å². The maximum absolute atomic E-state index is 11.7. The van der Waals surface area contributed by atoms with Gasteiger partial charge in [0.1, 0.15) is 0 Å². The van der Waals surface area contributed by atoms with Gasteiger partial charge in [0, 0.05) is 20.1 Å². The van der Waals surface area contributed by atoms with Crippen molar-refractivity contribution >= 4 is 28.2 Å². The Kier molecular flexibility index (Phi) is 5.11. The van der Waals surface area contributed by atoms with Crippen LogP contribution in [0.4, 0.5) is 5.00 Å². The van der Waals surface area contributed by atoms with Crippen LogP contribution in [-0.4, -0.2) is 30.1 Å². The molecule has 0 saturated heterocycles. The van der Waals surface area contributed by atoms with Crippen molar-refractivity contribution in [3.63, 3.8) is 0 Å². The first kappa shape index (κ1) is 13.7. The molecule has 1 atom stereocenters. The summed E-state index contributed by atoms with van der Waals surface area (Å²) in [4.78, 5) is 23.0. The van der Waals surface area contributed by atoms with Crippen molar-refractivity contribution in [2.45, 2.75) is 13.8 Å². The smallest absolute Gasteiger partial charge is 0.261 e. The first-order valence-electron chi connectivity index (χ1n) is 5.29. The summed E-state index contributed by atoms with van der Waals surface area (Å²) in [5, 5.41) is 14.8. The highest BCUT2D eigenvalue weighted by atomic mass is 32.1. The van der Waals surface area contributed by atoms with Crippen molar-refractivity contribution in [3.8, 4) is 0 Å². The summed E-state index contributed by atoms with van der Waals surface area (Å²) in [6.45, 7) is 3.74. The number of carbonyl (C=O) groups is 2. The quantitative estimate of drug-likeness (QED) is 0.737. The molecule has 1 heterocycles. The minimum atomic E-state index is -0.188. The number of hydrogen-bond acceptors (Lipinski definition) is 4. The standard InChI is InChI=1S/C11H16N2O3S/c1-7(6-14)5-12-11(16)9-3-4-10(17-9)13-8(2)15/h3-4,7,14H,5-6H2,1-2H3,(H,12,16)(H,13,15). The number of amides is 2. The predicted molar refractivity (Wildman–Crippen MR) is 67.2 cm³/mol. The van der Waals surface area contributed by atoms with E-state index >= 15 is 0 Å². The third-order valence-electron chi connectivity index (χ3n) is 2.05. The lowest BCUT2D eigenvalue weighted by Gasteiger charge is -2.08. The molecule has 2 amide bonds. The number of aliphatic hydroxyl groups excluding tert-OH is 1. The Bertz CT molecular complexity index is 403. The number of nitrogens with one attached hydrogen (secondary N) is 2. The number of aliphatic hydroxyl groups is 1. The van der Waals surface area contributed by atoms with Crippen molar-refractivity contribution in [1.82, 2.24) is 5.32 Å². The molecule has 0 bridgehead atoms. The minimum Gasteiger partial charge on any atom is -0.396 e. The highest BCUT2D eigenvalue weighted by molar-refractivity contribution is 7.18. The van der Waals surface area contributed by atoms with Crippen molar-refractivity contribution in [2.24, 2.45) is 5.92 Å². The highest BCUT2D eigenvalue weighted by Crippen LogP contribution is 2.21. The lowest BCUT2D eigenvalue weighted by atomic mass is 10.2. The lowest BCUT2D eigenvalue weighted by molar-refractivity contribution is -0.114. The molecular formula is C11H16N2O3S. The Labute approximate surface area is 104 Å². The van der Waals surface area contributed by atoms with Crippen molar-refractivity contribution in [2.75, 3.05) is 18.5 Å². The molecule has 1 unspecified atom stereocenters. The summed E-state index contributed by atoms with van der Waals surface area (Å²) in [7, 11) is 0. The Morgan fingerprint density at radius 1 is 1.47 bits per heavy atom. The van der Waals surface area contributed by atoms with Crippen LogP contribution in [0.1, 0.15) is 23.5 Å². The van der Waals surface area contributed by atoms with Crippen LogP contribution >= 0.6 is 11.3 Å². The van der Waals surface area contributed by atoms with E-state index in [-0.39, 0.29) is 24.3 Å². The molecule has 0 fully saturated rings. The molecule has 0 aliphatic carbocycles. The van der Waals surface area contributed by atoms with E-state index in [1.165, 1.54) is 18.3 Å². The average Bonchev–Trinajstić information content (AvgIpc) is 2.72. The number of thiophene rings is 1. The fourth-order valence-corrected chi connectivity index (χ4v) is 1.99. The fourth-order valence-electron chi connectivity index (χ4n) is 1.12. The Hall–Kier alpha value is -1.40. The predicted octanol–water partition coefficient (Wildman–Crippen LogP) is 1.06. The third kappa shape index (κ3) is 4.54. The van der Waals surface area contributed by atoms with E-state index in [1.807, 2.05) is 6.92 Å². The first-order chi connectivity index (χ1) is 8.02. The molecule has 0 radical (unpaired) electrons. The van der Waals surface area contributed by atoms with Crippen LogP contribution in [0.25, 0.3) is 0 Å². The molecule has 17 heavy (non-hydrogen) atoms. The van der Waals surface area contributed by atoms with Gasteiger partial charge in [0.05, 0.1) is 9.88 Å². The third-order valence-corrected chi connectivity index (χ3v) is 3.05. The van der Waals surface area contributed by atoms with Crippen LogP contribution in [0, 0.1) is 5.92 Å². The van der Waals surface area contributed by atoms with Gasteiger partial charge in [-0.05, 0) is 18.1 Å². The fraction of sp³-hybridized carbons (Fsp3) is 0.455. The maximum Gasteiger partial charge on any atom is 0.261 e. The average molecular weight is 256 g/mol. The van der Waals surface area contributed by atoms with Gasteiger partial charge >= 0.3 is 0 Å². The Morgan fingerprint density at radius 3 is 2.76 bits per heavy atom. The van der Waals surface area contributed by atoms with E-state index in [4.69, 9.17) is 5.11 Å². The van der Waals surface area contributed by atoms with Gasteiger partial charge in [-0.25, -0.2) is 0 Å². The summed E-state index contributed by atoms with van der Waals surface area (Å²) in [6, 6.07) is 3.35. The largest absolute Gasteiger partial charge is 0.396 e.